The van der Waals surface area contributed by atoms with E-state index in [2.05, 4.69) is 11.9 Å². The first-order valence-electron chi connectivity index (χ1n) is 6.94. The predicted octanol–water partition coefficient (Wildman–Crippen LogP) is 2.65. The molecule has 0 aliphatic carbocycles. The van der Waals surface area contributed by atoms with Crippen molar-refractivity contribution < 1.29 is 9.84 Å². The molecule has 0 spiro atoms. The molecule has 1 saturated heterocycles. The number of nitrogens with zero attached hydrogens (tertiary/aromatic N) is 1. The van der Waals surface area contributed by atoms with E-state index >= 15 is 0 Å². The third-order valence-corrected chi connectivity index (χ3v) is 5.07. The fourth-order valence-electron chi connectivity index (χ4n) is 2.32. The lowest BCUT2D eigenvalue weighted by Gasteiger charge is -2.25. The summed E-state index contributed by atoms with van der Waals surface area (Å²) in [5.74, 6) is 2.40. The summed E-state index contributed by atoms with van der Waals surface area (Å²) < 4.78 is 5.56. The molecule has 0 radical (unpaired) electrons. The monoisotopic (exact) mass is 315 g/mol. The third-order valence-electron chi connectivity index (χ3n) is 3.55. The summed E-state index contributed by atoms with van der Waals surface area (Å²) in [5, 5.41) is 10.7. The van der Waals surface area contributed by atoms with Crippen molar-refractivity contribution in [1.29, 1.82) is 0 Å². The first kappa shape index (κ1) is 16.1. The average molecular weight is 316 g/mol. The Labute approximate surface area is 130 Å². The second kappa shape index (κ2) is 8.25. The van der Waals surface area contributed by atoms with Gasteiger partial charge in [0, 0.05) is 23.4 Å². The van der Waals surface area contributed by atoms with E-state index in [0.29, 0.717) is 30.8 Å². The highest BCUT2D eigenvalue weighted by Crippen LogP contribution is 2.21. The molecule has 0 bridgehead atoms. The Hall–Kier alpha value is -0.260. The van der Waals surface area contributed by atoms with Crippen LogP contribution in [-0.4, -0.2) is 53.9 Å². The first-order chi connectivity index (χ1) is 9.66. The van der Waals surface area contributed by atoms with Crippen molar-refractivity contribution in [3.8, 4) is 0 Å². The highest BCUT2D eigenvalue weighted by molar-refractivity contribution is 7.99. The molecule has 5 heteroatoms. The van der Waals surface area contributed by atoms with Crippen LogP contribution in [0.25, 0.3) is 0 Å². The average Bonchev–Trinajstić information content (AvgIpc) is 2.95. The summed E-state index contributed by atoms with van der Waals surface area (Å²) in [5.41, 5.74) is 0.960. The summed E-state index contributed by atoms with van der Waals surface area (Å²) in [6.45, 7) is 1.45. The fourth-order valence-corrected chi connectivity index (χ4v) is 3.81. The Balaban J connectivity index is 1.67. The lowest BCUT2D eigenvalue weighted by atomic mass is 10.2. The molecule has 1 aromatic rings. The van der Waals surface area contributed by atoms with Crippen LogP contribution in [0.1, 0.15) is 12.0 Å². The van der Waals surface area contributed by atoms with Gasteiger partial charge in [-0.2, -0.15) is 11.8 Å². The summed E-state index contributed by atoms with van der Waals surface area (Å²) in [6, 6.07) is 8.22. The number of aliphatic hydroxyl groups is 1. The molecule has 2 atom stereocenters. The number of benzene rings is 1. The predicted molar refractivity (Wildman–Crippen MR) is 85.5 cm³/mol. The molecule has 20 heavy (non-hydrogen) atoms. The van der Waals surface area contributed by atoms with Crippen molar-refractivity contribution in [1.82, 2.24) is 4.90 Å². The zero-order valence-electron chi connectivity index (χ0n) is 11.8. The molecule has 0 amide bonds. The van der Waals surface area contributed by atoms with Gasteiger partial charge in [-0.15, -0.1) is 0 Å². The van der Waals surface area contributed by atoms with E-state index in [1.807, 2.05) is 36.0 Å². The second-order valence-corrected chi connectivity index (χ2v) is 6.77. The maximum Gasteiger partial charge on any atom is 0.0900 e. The minimum Gasteiger partial charge on any atom is -0.389 e. The van der Waals surface area contributed by atoms with Crippen molar-refractivity contribution in [2.24, 2.45) is 0 Å². The number of hydrogen-bond acceptors (Lipinski definition) is 4. The summed E-state index contributed by atoms with van der Waals surface area (Å²) in [6.07, 6.45) is 0.766. The fraction of sp³-hybridized carbons (Fsp3) is 0.600. The SMILES string of the molecule is CN(CC(O)COCc1ccccc1Cl)C1CCSC1. The molecule has 1 N–H and O–H groups in total. The van der Waals surface area contributed by atoms with Crippen molar-refractivity contribution in [2.75, 3.05) is 31.7 Å². The Morgan fingerprint density at radius 1 is 1.50 bits per heavy atom. The zero-order valence-corrected chi connectivity index (χ0v) is 13.4. The Bertz CT molecular complexity index is 413. The van der Waals surface area contributed by atoms with E-state index < -0.39 is 6.10 Å². The van der Waals surface area contributed by atoms with Crippen LogP contribution >= 0.6 is 23.4 Å². The van der Waals surface area contributed by atoms with Gasteiger partial charge >= 0.3 is 0 Å². The number of ether oxygens (including phenoxy) is 1. The lowest BCUT2D eigenvalue weighted by molar-refractivity contribution is 0.00916. The molecule has 0 aromatic heterocycles. The van der Waals surface area contributed by atoms with Crippen molar-refractivity contribution in [3.63, 3.8) is 0 Å². The molecule has 2 rings (SSSR count). The van der Waals surface area contributed by atoms with E-state index in [-0.39, 0.29) is 0 Å². The van der Waals surface area contributed by atoms with E-state index in [1.54, 1.807) is 0 Å². The van der Waals surface area contributed by atoms with Gasteiger partial charge in [-0.1, -0.05) is 29.8 Å². The maximum atomic E-state index is 10.0. The molecule has 1 aliphatic rings. The maximum absolute atomic E-state index is 10.0. The minimum absolute atomic E-state index is 0.343. The van der Waals surface area contributed by atoms with Crippen molar-refractivity contribution in [3.05, 3.63) is 34.9 Å². The molecule has 1 aliphatic heterocycles. The topological polar surface area (TPSA) is 32.7 Å². The molecule has 1 heterocycles. The van der Waals surface area contributed by atoms with Gasteiger partial charge in [-0.25, -0.2) is 0 Å². The van der Waals surface area contributed by atoms with Gasteiger partial charge in [0.1, 0.15) is 0 Å². The summed E-state index contributed by atoms with van der Waals surface area (Å²) in [7, 11) is 2.08. The highest BCUT2D eigenvalue weighted by Gasteiger charge is 2.21. The molecular weight excluding hydrogens is 294 g/mol. The van der Waals surface area contributed by atoms with Gasteiger partial charge in [-0.3, -0.25) is 4.90 Å². The molecular formula is C15H22ClNO2S. The van der Waals surface area contributed by atoms with E-state index in [9.17, 15) is 5.11 Å². The van der Waals surface area contributed by atoms with Gasteiger partial charge in [-0.05, 0) is 30.9 Å². The van der Waals surface area contributed by atoms with Crippen LogP contribution in [0.15, 0.2) is 24.3 Å². The number of thioether (sulfide) groups is 1. The largest absolute Gasteiger partial charge is 0.389 e. The van der Waals surface area contributed by atoms with E-state index in [1.165, 1.54) is 17.9 Å². The van der Waals surface area contributed by atoms with Crippen LogP contribution in [-0.2, 0) is 11.3 Å². The molecule has 1 aromatic carbocycles. The van der Waals surface area contributed by atoms with Gasteiger partial charge in [0.2, 0.25) is 0 Å². The van der Waals surface area contributed by atoms with Gasteiger partial charge in [0.15, 0.2) is 0 Å². The first-order valence-corrected chi connectivity index (χ1v) is 8.47. The summed E-state index contributed by atoms with van der Waals surface area (Å²) >= 11 is 8.04. The Kier molecular flexibility index (Phi) is 6.65. The molecule has 112 valence electrons. The Morgan fingerprint density at radius 2 is 2.30 bits per heavy atom. The number of halogens is 1. The van der Waals surface area contributed by atoms with Gasteiger partial charge in [0.05, 0.1) is 19.3 Å². The third kappa shape index (κ3) is 4.93. The normalized spacial score (nSPS) is 20.5. The minimum atomic E-state index is -0.451. The molecule has 0 saturated carbocycles. The van der Waals surface area contributed by atoms with Crippen LogP contribution < -0.4 is 0 Å². The van der Waals surface area contributed by atoms with E-state index in [0.717, 1.165) is 5.56 Å². The molecule has 2 unspecified atom stereocenters. The smallest absolute Gasteiger partial charge is 0.0900 e. The van der Waals surface area contributed by atoms with Crippen LogP contribution in [0.4, 0.5) is 0 Å². The van der Waals surface area contributed by atoms with Crippen LogP contribution in [0.2, 0.25) is 5.02 Å². The number of aliphatic hydroxyl groups excluding tert-OH is 1. The quantitative estimate of drug-likeness (QED) is 0.838. The second-order valence-electron chi connectivity index (χ2n) is 5.22. The van der Waals surface area contributed by atoms with Gasteiger partial charge < -0.3 is 9.84 Å². The van der Waals surface area contributed by atoms with E-state index in [4.69, 9.17) is 16.3 Å². The zero-order chi connectivity index (χ0) is 14.4. The van der Waals surface area contributed by atoms with Crippen LogP contribution in [0, 0.1) is 0 Å². The lowest BCUT2D eigenvalue weighted by Crippen LogP contribution is -2.39. The van der Waals surface area contributed by atoms with Crippen molar-refractivity contribution >= 4 is 23.4 Å². The number of hydrogen-bond donors (Lipinski definition) is 1. The summed E-state index contributed by atoms with van der Waals surface area (Å²) in [4.78, 5) is 2.24. The number of likely N-dealkylation sites (N-methyl/N-ethyl adjacent to an activating group) is 1. The molecule has 1 fully saturated rings. The van der Waals surface area contributed by atoms with Crippen molar-refractivity contribution in [2.45, 2.75) is 25.2 Å². The standard InChI is InChI=1S/C15H22ClNO2S/c1-17(13-6-7-20-11-13)8-14(18)10-19-9-12-4-2-3-5-15(12)16/h2-5,13-14,18H,6-11H2,1H3. The van der Waals surface area contributed by atoms with Gasteiger partial charge in [0.25, 0.3) is 0 Å². The Morgan fingerprint density at radius 3 is 3.00 bits per heavy atom. The van der Waals surface area contributed by atoms with Crippen LogP contribution in [0.3, 0.4) is 0 Å². The van der Waals surface area contributed by atoms with Crippen LogP contribution in [0.5, 0.6) is 0 Å². The molecule has 3 nitrogen and oxygen atoms in total. The number of rotatable bonds is 7. The highest BCUT2D eigenvalue weighted by atomic mass is 35.5.